The molecule has 0 nitrogen and oxygen atoms in total. The molecule has 0 fully saturated rings. The van der Waals surface area contributed by atoms with Crippen molar-refractivity contribution in [1.82, 2.24) is 0 Å². The maximum absolute atomic E-state index is 2.46. The van der Waals surface area contributed by atoms with E-state index in [1.54, 1.807) is 5.67 Å². The van der Waals surface area contributed by atoms with Crippen LogP contribution < -0.4 is 0 Å². The lowest BCUT2D eigenvalue weighted by atomic mass is 11.8. The topological polar surface area (TPSA) is 0 Å². The molecular formula is C5H14Si4. The maximum Gasteiger partial charge on any atom is 0.0409 e. The molecule has 0 saturated carbocycles. The second-order valence-electron chi connectivity index (χ2n) is 3.29. The molecule has 0 aliphatic heterocycles. The van der Waals surface area contributed by atoms with E-state index in [-0.39, 0.29) is 0 Å². The zero-order valence-corrected chi connectivity index (χ0v) is 10.7. The molecule has 0 aromatic carbocycles. The first-order valence-corrected chi connectivity index (χ1v) is 12.6. The highest BCUT2D eigenvalue weighted by molar-refractivity contribution is 7.30. The summed E-state index contributed by atoms with van der Waals surface area (Å²) < 4.78 is 0. The SMILES string of the molecule is C[Si][Si][Si]C[Si](C)(C)C. The normalized spacial score (nSPS) is 12.0. The molecule has 0 amide bonds. The summed E-state index contributed by atoms with van der Waals surface area (Å²) in [4.78, 5) is 0. The van der Waals surface area contributed by atoms with Crippen LogP contribution in [-0.2, 0) is 0 Å². The quantitative estimate of drug-likeness (QED) is 0.458. The van der Waals surface area contributed by atoms with Gasteiger partial charge in [-0.3, -0.25) is 0 Å². The van der Waals surface area contributed by atoms with Gasteiger partial charge in [-0.05, 0) is 0 Å². The summed E-state index contributed by atoms with van der Waals surface area (Å²) in [6.07, 6.45) is 0. The van der Waals surface area contributed by atoms with Gasteiger partial charge in [-0.1, -0.05) is 31.9 Å². The van der Waals surface area contributed by atoms with Crippen LogP contribution in [-0.4, -0.2) is 34.7 Å². The summed E-state index contributed by atoms with van der Waals surface area (Å²) in [6, 6.07) is 0. The van der Waals surface area contributed by atoms with E-state index >= 15 is 0 Å². The first-order chi connectivity index (χ1) is 4.06. The van der Waals surface area contributed by atoms with Gasteiger partial charge in [-0.2, -0.15) is 0 Å². The average Bonchev–Trinajstić information content (AvgIpc) is 1.63. The predicted octanol–water partition coefficient (Wildman–Crippen LogP) is 1.27. The van der Waals surface area contributed by atoms with Crippen LogP contribution >= 0.6 is 0 Å². The molecule has 0 rings (SSSR count). The van der Waals surface area contributed by atoms with Gasteiger partial charge >= 0.3 is 0 Å². The zero-order valence-electron chi connectivity index (χ0n) is 6.71. The fraction of sp³-hybridized carbons (Fsp3) is 1.00. The third-order valence-corrected chi connectivity index (χ3v) is 12.9. The Morgan fingerprint density at radius 2 is 1.78 bits per heavy atom. The Hall–Kier alpha value is 0.868. The fourth-order valence-corrected chi connectivity index (χ4v) is 13.1. The van der Waals surface area contributed by atoms with Crippen molar-refractivity contribution in [3.05, 3.63) is 0 Å². The summed E-state index contributed by atoms with van der Waals surface area (Å²) in [5, 5.41) is 0. The van der Waals surface area contributed by atoms with Gasteiger partial charge in [-0.15, -0.1) is 0 Å². The molecule has 50 valence electrons. The molecule has 4 heteroatoms. The number of hydrogen-bond donors (Lipinski definition) is 0. The first-order valence-electron chi connectivity index (χ1n) is 3.21. The third kappa shape index (κ3) is 8.87. The van der Waals surface area contributed by atoms with Crippen molar-refractivity contribution < 1.29 is 0 Å². The lowest BCUT2D eigenvalue weighted by molar-refractivity contribution is 1.64. The number of rotatable bonds is 4. The minimum Gasteiger partial charge on any atom is -0.0761 e. The molecule has 0 bridgehead atoms. The lowest BCUT2D eigenvalue weighted by Gasteiger charge is -2.13. The van der Waals surface area contributed by atoms with E-state index in [1.807, 2.05) is 0 Å². The van der Waals surface area contributed by atoms with Crippen molar-refractivity contribution >= 4 is 34.7 Å². The minimum absolute atomic E-state index is 0.671. The van der Waals surface area contributed by atoms with E-state index < -0.39 is 8.07 Å². The molecule has 0 saturated heterocycles. The van der Waals surface area contributed by atoms with Gasteiger partial charge in [0.1, 0.15) is 0 Å². The van der Waals surface area contributed by atoms with E-state index in [4.69, 9.17) is 0 Å². The molecule has 0 N–H and O–H groups in total. The van der Waals surface area contributed by atoms with E-state index in [1.165, 1.54) is 26.6 Å². The summed E-state index contributed by atoms with van der Waals surface area (Å²) in [6.45, 7) is 9.70. The smallest absolute Gasteiger partial charge is 0.0409 e. The van der Waals surface area contributed by atoms with Crippen LogP contribution in [0.25, 0.3) is 0 Å². The van der Waals surface area contributed by atoms with Crippen molar-refractivity contribution in [2.24, 2.45) is 0 Å². The van der Waals surface area contributed by atoms with Crippen molar-refractivity contribution in [3.63, 3.8) is 0 Å². The molecule has 0 heterocycles. The lowest BCUT2D eigenvalue weighted by Crippen LogP contribution is -2.26. The average molecular weight is 187 g/mol. The van der Waals surface area contributed by atoms with Gasteiger partial charge < -0.3 is 0 Å². The van der Waals surface area contributed by atoms with Gasteiger partial charge in [0.2, 0.25) is 0 Å². The largest absolute Gasteiger partial charge is 0.0761 e. The van der Waals surface area contributed by atoms with Gasteiger partial charge in [0.05, 0.1) is 0 Å². The molecule has 0 aromatic heterocycles. The van der Waals surface area contributed by atoms with Crippen LogP contribution in [0, 0.1) is 0 Å². The Morgan fingerprint density at radius 3 is 2.11 bits per heavy atom. The van der Waals surface area contributed by atoms with E-state index in [9.17, 15) is 0 Å². The van der Waals surface area contributed by atoms with Crippen LogP contribution in [0.3, 0.4) is 0 Å². The van der Waals surface area contributed by atoms with Crippen molar-refractivity contribution in [3.8, 4) is 0 Å². The Kier molecular flexibility index (Phi) is 5.10. The molecule has 0 aliphatic rings. The van der Waals surface area contributed by atoms with Gasteiger partial charge in [0.15, 0.2) is 0 Å². The highest BCUT2D eigenvalue weighted by Gasteiger charge is 2.11. The Balaban J connectivity index is 3.07. The molecule has 0 unspecified atom stereocenters. The molecule has 0 aliphatic carbocycles. The summed E-state index contributed by atoms with van der Waals surface area (Å²) in [5.74, 6) is 0. The van der Waals surface area contributed by atoms with E-state index in [2.05, 4.69) is 26.2 Å². The van der Waals surface area contributed by atoms with Crippen molar-refractivity contribution in [1.29, 1.82) is 0 Å². The van der Waals surface area contributed by atoms with Crippen LogP contribution in [0.1, 0.15) is 0 Å². The Labute approximate surface area is 66.9 Å². The highest BCUT2D eigenvalue weighted by atomic mass is 29.5. The van der Waals surface area contributed by atoms with Gasteiger partial charge in [-0.25, -0.2) is 0 Å². The molecule has 0 spiro atoms. The maximum atomic E-state index is 2.46. The van der Waals surface area contributed by atoms with Gasteiger partial charge in [0, 0.05) is 34.7 Å². The molecular weight excluding hydrogens is 172 g/mol. The van der Waals surface area contributed by atoms with Crippen LogP contribution in [0.5, 0.6) is 0 Å². The molecule has 9 heavy (non-hydrogen) atoms. The highest BCUT2D eigenvalue weighted by Crippen LogP contribution is 2.04. The standard InChI is InChI=1S/C5H14Si4/c1-6-8-7-5-9(2,3)4/h5H2,1-4H3. The summed E-state index contributed by atoms with van der Waals surface area (Å²) in [7, 11) is 3.10. The molecule has 0 aromatic rings. The van der Waals surface area contributed by atoms with Crippen LogP contribution in [0.4, 0.5) is 0 Å². The minimum atomic E-state index is -0.671. The number of hydrogen-bond acceptors (Lipinski definition) is 0. The summed E-state index contributed by atoms with van der Waals surface area (Å²) >= 11 is 0. The Morgan fingerprint density at radius 1 is 1.22 bits per heavy atom. The predicted molar refractivity (Wildman–Crippen MR) is 51.3 cm³/mol. The van der Waals surface area contributed by atoms with Crippen molar-refractivity contribution in [2.75, 3.05) is 0 Å². The second kappa shape index (κ2) is 4.65. The molecule has 6 radical (unpaired) electrons. The van der Waals surface area contributed by atoms with E-state index in [0.29, 0.717) is 0 Å². The monoisotopic (exact) mass is 186 g/mol. The zero-order chi connectivity index (χ0) is 7.33. The second-order valence-corrected chi connectivity index (χ2v) is 16.5. The fourth-order valence-electron chi connectivity index (χ4n) is 0.398. The van der Waals surface area contributed by atoms with Crippen molar-refractivity contribution in [2.45, 2.75) is 31.9 Å². The van der Waals surface area contributed by atoms with Gasteiger partial charge in [0.25, 0.3) is 0 Å². The van der Waals surface area contributed by atoms with E-state index in [0.717, 1.165) is 0 Å². The van der Waals surface area contributed by atoms with Crippen LogP contribution in [0.2, 0.25) is 31.9 Å². The van der Waals surface area contributed by atoms with Crippen LogP contribution in [0.15, 0.2) is 0 Å². The molecule has 0 atom stereocenters. The first kappa shape index (κ1) is 9.87. The summed E-state index contributed by atoms with van der Waals surface area (Å²) in [5.41, 5.74) is 1.56. The third-order valence-electron chi connectivity index (χ3n) is 0.832. The Bertz CT molecular complexity index is 65.8.